The predicted octanol–water partition coefficient (Wildman–Crippen LogP) is 3.30. The van der Waals surface area contributed by atoms with Gasteiger partial charge in [-0.15, -0.1) is 0 Å². The molecular formula is C16H17F3N2O2. The zero-order valence-electron chi connectivity index (χ0n) is 13.0. The van der Waals surface area contributed by atoms with E-state index in [-0.39, 0.29) is 17.8 Å². The first-order valence-electron chi connectivity index (χ1n) is 6.99. The molecule has 4 nitrogen and oxygen atoms in total. The van der Waals surface area contributed by atoms with E-state index in [9.17, 15) is 22.8 Å². The third-order valence-electron chi connectivity index (χ3n) is 3.12. The zero-order chi connectivity index (χ0) is 17.4. The lowest BCUT2D eigenvalue weighted by Gasteiger charge is -2.20. The van der Waals surface area contributed by atoms with Gasteiger partial charge >= 0.3 is 6.18 Å². The smallest absolute Gasteiger partial charge is 0.350 e. The van der Waals surface area contributed by atoms with Gasteiger partial charge in [0.25, 0.3) is 5.78 Å². The topological polar surface area (TPSA) is 51.1 Å². The Hall–Kier alpha value is -2.31. The number of fused-ring (bicyclic) bond motifs is 1. The fourth-order valence-electron chi connectivity index (χ4n) is 2.32. The molecule has 7 heteroatoms. The van der Waals surface area contributed by atoms with Gasteiger partial charge in [0.2, 0.25) is 5.91 Å². The van der Waals surface area contributed by atoms with E-state index < -0.39 is 23.1 Å². The van der Waals surface area contributed by atoms with Crippen LogP contribution in [0.1, 0.15) is 31.1 Å². The largest absolute Gasteiger partial charge is 0.454 e. The Kier molecular flexibility index (Phi) is 4.24. The maximum Gasteiger partial charge on any atom is 0.454 e. The van der Waals surface area contributed by atoms with Gasteiger partial charge in [-0.2, -0.15) is 13.2 Å². The van der Waals surface area contributed by atoms with Crippen LogP contribution in [0.25, 0.3) is 10.9 Å². The lowest BCUT2D eigenvalue weighted by atomic mass is 10.1. The Morgan fingerprint density at radius 2 is 1.74 bits per heavy atom. The van der Waals surface area contributed by atoms with E-state index in [2.05, 4.69) is 5.32 Å². The zero-order valence-corrected chi connectivity index (χ0v) is 13.0. The van der Waals surface area contributed by atoms with E-state index in [0.29, 0.717) is 5.52 Å². The summed E-state index contributed by atoms with van der Waals surface area (Å²) >= 11 is 0. The van der Waals surface area contributed by atoms with Crippen LogP contribution in [0.2, 0.25) is 0 Å². The molecule has 0 aliphatic heterocycles. The van der Waals surface area contributed by atoms with Crippen molar-refractivity contribution in [3.05, 3.63) is 36.0 Å². The molecule has 0 bridgehead atoms. The number of aromatic nitrogens is 1. The van der Waals surface area contributed by atoms with Crippen LogP contribution in [0.4, 0.5) is 13.2 Å². The summed E-state index contributed by atoms with van der Waals surface area (Å²) in [6.07, 6.45) is -3.87. The molecule has 0 saturated carbocycles. The molecule has 0 atom stereocenters. The average Bonchev–Trinajstić information content (AvgIpc) is 2.73. The van der Waals surface area contributed by atoms with Crippen LogP contribution in [0.3, 0.4) is 0 Å². The van der Waals surface area contributed by atoms with Gasteiger partial charge in [0.05, 0.1) is 5.56 Å². The Balaban J connectivity index is 2.42. The number of benzene rings is 1. The Bertz CT molecular complexity index is 755. The molecule has 23 heavy (non-hydrogen) atoms. The first-order valence-corrected chi connectivity index (χ1v) is 6.99. The van der Waals surface area contributed by atoms with Gasteiger partial charge in [-0.1, -0.05) is 18.2 Å². The highest BCUT2D eigenvalue weighted by atomic mass is 19.4. The number of hydrogen-bond acceptors (Lipinski definition) is 2. The quantitative estimate of drug-likeness (QED) is 0.880. The summed E-state index contributed by atoms with van der Waals surface area (Å²) in [7, 11) is 0. The van der Waals surface area contributed by atoms with Gasteiger partial charge in [0.15, 0.2) is 0 Å². The van der Waals surface area contributed by atoms with Crippen molar-refractivity contribution in [1.29, 1.82) is 0 Å². The van der Waals surface area contributed by atoms with Crippen LogP contribution in [0, 0.1) is 0 Å². The number of nitrogens with one attached hydrogen (secondary N) is 1. The number of amides is 1. The molecule has 1 amide bonds. The Morgan fingerprint density at radius 3 is 2.30 bits per heavy atom. The first-order chi connectivity index (χ1) is 10.5. The first kappa shape index (κ1) is 17.1. The number of carbonyl (C=O) groups excluding carboxylic acids is 2. The van der Waals surface area contributed by atoms with E-state index in [1.165, 1.54) is 10.6 Å². The van der Waals surface area contributed by atoms with Crippen LogP contribution >= 0.6 is 0 Å². The van der Waals surface area contributed by atoms with Crippen LogP contribution in [0.15, 0.2) is 30.5 Å². The van der Waals surface area contributed by atoms with Crippen LogP contribution in [0.5, 0.6) is 0 Å². The summed E-state index contributed by atoms with van der Waals surface area (Å²) < 4.78 is 39.5. The van der Waals surface area contributed by atoms with Gasteiger partial charge in [-0.05, 0) is 26.8 Å². The maximum absolute atomic E-state index is 12.7. The summed E-state index contributed by atoms with van der Waals surface area (Å²) in [5, 5.41) is 2.91. The highest BCUT2D eigenvalue weighted by Gasteiger charge is 2.40. The summed E-state index contributed by atoms with van der Waals surface area (Å²) in [6, 6.07) is 6.21. The van der Waals surface area contributed by atoms with Crippen LogP contribution in [-0.2, 0) is 11.3 Å². The molecule has 0 radical (unpaired) electrons. The summed E-state index contributed by atoms with van der Waals surface area (Å²) in [5.41, 5.74) is -0.495. The number of carbonyl (C=O) groups is 2. The number of para-hydroxylation sites is 1. The molecule has 2 aromatic rings. The molecule has 124 valence electrons. The SMILES string of the molecule is CC(C)(C)NC(=O)Cn1cc(C(=O)C(F)(F)F)c2ccccc21. The van der Waals surface area contributed by atoms with Crippen molar-refractivity contribution in [3.8, 4) is 0 Å². The molecule has 0 saturated heterocycles. The van der Waals surface area contributed by atoms with Crippen molar-refractivity contribution in [2.24, 2.45) is 0 Å². The number of hydrogen-bond donors (Lipinski definition) is 1. The highest BCUT2D eigenvalue weighted by Crippen LogP contribution is 2.28. The van der Waals surface area contributed by atoms with Gasteiger partial charge < -0.3 is 9.88 Å². The second-order valence-corrected chi connectivity index (χ2v) is 6.31. The van der Waals surface area contributed by atoms with Crippen molar-refractivity contribution in [1.82, 2.24) is 9.88 Å². The molecule has 0 aliphatic carbocycles. The molecule has 1 aromatic carbocycles. The summed E-state index contributed by atoms with van der Waals surface area (Å²) in [4.78, 5) is 23.6. The third kappa shape index (κ3) is 3.91. The van der Waals surface area contributed by atoms with Crippen molar-refractivity contribution in [3.63, 3.8) is 0 Å². The van der Waals surface area contributed by atoms with Crippen LogP contribution in [-0.4, -0.2) is 28.0 Å². The minimum atomic E-state index is -4.96. The molecule has 1 heterocycles. The van der Waals surface area contributed by atoms with Crippen molar-refractivity contribution in [2.45, 2.75) is 39.0 Å². The van der Waals surface area contributed by atoms with Gasteiger partial charge in [-0.3, -0.25) is 9.59 Å². The fourth-order valence-corrected chi connectivity index (χ4v) is 2.32. The lowest BCUT2D eigenvalue weighted by Crippen LogP contribution is -2.42. The third-order valence-corrected chi connectivity index (χ3v) is 3.12. The van der Waals surface area contributed by atoms with Crippen molar-refractivity contribution < 1.29 is 22.8 Å². The predicted molar refractivity (Wildman–Crippen MR) is 80.2 cm³/mol. The lowest BCUT2D eigenvalue weighted by molar-refractivity contribution is -0.123. The Morgan fingerprint density at radius 1 is 1.13 bits per heavy atom. The molecule has 2 rings (SSSR count). The average molecular weight is 326 g/mol. The number of Topliss-reactive ketones (excluding diaryl/α,β-unsaturated/α-hetero) is 1. The van der Waals surface area contributed by atoms with E-state index >= 15 is 0 Å². The number of alkyl halides is 3. The molecule has 1 N–H and O–H groups in total. The molecule has 1 aromatic heterocycles. The number of ketones is 1. The van der Waals surface area contributed by atoms with Gasteiger partial charge in [-0.25, -0.2) is 0 Å². The minimum Gasteiger partial charge on any atom is -0.350 e. The number of rotatable bonds is 3. The molecule has 0 aliphatic rings. The molecular weight excluding hydrogens is 309 g/mol. The van der Waals surface area contributed by atoms with E-state index in [0.717, 1.165) is 6.20 Å². The number of nitrogens with zero attached hydrogens (tertiary/aromatic N) is 1. The van der Waals surface area contributed by atoms with E-state index in [1.54, 1.807) is 39.0 Å². The highest BCUT2D eigenvalue weighted by molar-refractivity contribution is 6.10. The van der Waals surface area contributed by atoms with Crippen molar-refractivity contribution >= 4 is 22.6 Å². The van der Waals surface area contributed by atoms with Crippen LogP contribution < -0.4 is 5.32 Å². The maximum atomic E-state index is 12.7. The summed E-state index contributed by atoms with van der Waals surface area (Å²) in [5.74, 6) is -2.26. The summed E-state index contributed by atoms with van der Waals surface area (Å²) in [6.45, 7) is 5.24. The molecule has 0 fully saturated rings. The van der Waals surface area contributed by atoms with Crippen molar-refractivity contribution in [2.75, 3.05) is 0 Å². The Labute approximate surface area is 131 Å². The standard InChI is InChI=1S/C16H17F3N2O2/c1-15(2,3)20-13(22)9-21-8-11(14(23)16(17,18)19)10-6-4-5-7-12(10)21/h4-8H,9H2,1-3H3,(H,20,22). The molecule has 0 unspecified atom stereocenters. The minimum absolute atomic E-state index is 0.164. The second kappa shape index (κ2) is 5.72. The number of halogens is 3. The second-order valence-electron chi connectivity index (χ2n) is 6.31. The fraction of sp³-hybridized carbons (Fsp3) is 0.375. The van der Waals surface area contributed by atoms with E-state index in [1.807, 2.05) is 0 Å². The molecule has 0 spiro atoms. The van der Waals surface area contributed by atoms with Gasteiger partial charge in [0.1, 0.15) is 6.54 Å². The van der Waals surface area contributed by atoms with Gasteiger partial charge in [0, 0.05) is 22.6 Å². The monoisotopic (exact) mass is 326 g/mol. The normalized spacial score (nSPS) is 12.4. The van der Waals surface area contributed by atoms with E-state index in [4.69, 9.17) is 0 Å².